The Labute approximate surface area is 101 Å². The molecule has 2 amide bonds. The molecule has 90 valence electrons. The number of hydrogen-bond donors (Lipinski definition) is 1. The normalized spacial score (nSPS) is 16.0. The van der Waals surface area contributed by atoms with E-state index in [1.54, 1.807) is 4.90 Å². The molecular formula is C13H16N2O2. The van der Waals surface area contributed by atoms with Gasteiger partial charge in [-0.05, 0) is 25.0 Å². The van der Waals surface area contributed by atoms with Crippen LogP contribution in [-0.2, 0) is 16.1 Å². The summed E-state index contributed by atoms with van der Waals surface area (Å²) in [5, 5.41) is 2.54. The molecule has 0 saturated carbocycles. The first-order valence-corrected chi connectivity index (χ1v) is 5.71. The van der Waals surface area contributed by atoms with Crippen molar-refractivity contribution in [2.24, 2.45) is 0 Å². The van der Waals surface area contributed by atoms with Crippen LogP contribution in [0, 0.1) is 13.8 Å². The van der Waals surface area contributed by atoms with Gasteiger partial charge in [0, 0.05) is 19.6 Å². The van der Waals surface area contributed by atoms with E-state index < -0.39 is 11.8 Å². The molecule has 1 saturated heterocycles. The maximum atomic E-state index is 11.6. The highest BCUT2D eigenvalue weighted by molar-refractivity contribution is 6.35. The molecule has 4 heteroatoms. The molecule has 1 aromatic rings. The number of rotatable bonds is 2. The lowest BCUT2D eigenvalue weighted by Crippen LogP contribution is -2.51. The Morgan fingerprint density at radius 1 is 1.29 bits per heavy atom. The molecule has 0 aromatic heterocycles. The smallest absolute Gasteiger partial charge is 0.312 e. The summed E-state index contributed by atoms with van der Waals surface area (Å²) in [4.78, 5) is 24.5. The molecule has 1 N–H and O–H groups in total. The van der Waals surface area contributed by atoms with Crippen LogP contribution in [0.25, 0.3) is 0 Å². The first-order valence-electron chi connectivity index (χ1n) is 5.71. The van der Waals surface area contributed by atoms with Gasteiger partial charge in [-0.25, -0.2) is 0 Å². The Kier molecular flexibility index (Phi) is 3.13. The average Bonchev–Trinajstić information content (AvgIpc) is 2.30. The van der Waals surface area contributed by atoms with Gasteiger partial charge in [-0.15, -0.1) is 0 Å². The van der Waals surface area contributed by atoms with Gasteiger partial charge in [0.1, 0.15) is 0 Å². The summed E-state index contributed by atoms with van der Waals surface area (Å²) in [5.41, 5.74) is 3.42. The third kappa shape index (κ3) is 2.46. The molecule has 0 atom stereocenters. The van der Waals surface area contributed by atoms with Crippen molar-refractivity contribution < 1.29 is 9.59 Å². The average molecular weight is 232 g/mol. The van der Waals surface area contributed by atoms with Gasteiger partial charge in [-0.1, -0.05) is 23.8 Å². The molecule has 17 heavy (non-hydrogen) atoms. The topological polar surface area (TPSA) is 49.4 Å². The van der Waals surface area contributed by atoms with Crippen LogP contribution in [0.2, 0.25) is 0 Å². The fourth-order valence-electron chi connectivity index (χ4n) is 1.95. The van der Waals surface area contributed by atoms with Crippen LogP contribution in [0.15, 0.2) is 18.2 Å². The van der Waals surface area contributed by atoms with Gasteiger partial charge in [0.25, 0.3) is 0 Å². The molecule has 4 nitrogen and oxygen atoms in total. The van der Waals surface area contributed by atoms with Gasteiger partial charge >= 0.3 is 11.8 Å². The fraction of sp³-hybridized carbons (Fsp3) is 0.385. The summed E-state index contributed by atoms with van der Waals surface area (Å²) in [7, 11) is 0. The predicted molar refractivity (Wildman–Crippen MR) is 64.3 cm³/mol. The summed E-state index contributed by atoms with van der Waals surface area (Å²) >= 11 is 0. The number of carbonyl (C=O) groups excluding carboxylic acids is 2. The van der Waals surface area contributed by atoms with Gasteiger partial charge in [0.2, 0.25) is 0 Å². The van der Waals surface area contributed by atoms with Gasteiger partial charge < -0.3 is 10.2 Å². The second-order valence-corrected chi connectivity index (χ2v) is 4.41. The predicted octanol–water partition coefficient (Wildman–Crippen LogP) is 0.762. The largest absolute Gasteiger partial charge is 0.346 e. The lowest BCUT2D eigenvalue weighted by Gasteiger charge is -2.27. The van der Waals surface area contributed by atoms with Crippen molar-refractivity contribution in [3.63, 3.8) is 0 Å². The molecule has 1 fully saturated rings. The molecule has 0 radical (unpaired) electrons. The third-order valence-electron chi connectivity index (χ3n) is 3.01. The summed E-state index contributed by atoms with van der Waals surface area (Å²) in [6.45, 7) is 5.67. The van der Waals surface area contributed by atoms with E-state index in [2.05, 4.69) is 11.4 Å². The molecule has 0 aliphatic carbocycles. The lowest BCUT2D eigenvalue weighted by atomic mass is 10.0. The van der Waals surface area contributed by atoms with Crippen LogP contribution in [0.1, 0.15) is 16.7 Å². The van der Waals surface area contributed by atoms with Gasteiger partial charge in [-0.3, -0.25) is 9.59 Å². The lowest BCUT2D eigenvalue weighted by molar-refractivity contribution is -0.148. The van der Waals surface area contributed by atoms with Crippen LogP contribution in [0.4, 0.5) is 0 Å². The minimum absolute atomic E-state index is 0.433. The van der Waals surface area contributed by atoms with Crippen LogP contribution < -0.4 is 5.32 Å². The van der Waals surface area contributed by atoms with Crippen molar-refractivity contribution >= 4 is 11.8 Å². The quantitative estimate of drug-likeness (QED) is 0.765. The molecule has 0 bridgehead atoms. The number of aryl methyl sites for hydroxylation is 2. The maximum absolute atomic E-state index is 11.6. The zero-order valence-electron chi connectivity index (χ0n) is 10.1. The Morgan fingerprint density at radius 2 is 2.06 bits per heavy atom. The second kappa shape index (κ2) is 4.57. The number of hydrogen-bond acceptors (Lipinski definition) is 2. The second-order valence-electron chi connectivity index (χ2n) is 4.41. The molecule has 0 spiro atoms. The van der Waals surface area contributed by atoms with Gasteiger partial charge in [-0.2, -0.15) is 0 Å². The summed E-state index contributed by atoms with van der Waals surface area (Å²) in [6.07, 6.45) is 0. The van der Waals surface area contributed by atoms with E-state index >= 15 is 0 Å². The van der Waals surface area contributed by atoms with E-state index in [0.29, 0.717) is 19.6 Å². The minimum Gasteiger partial charge on any atom is -0.346 e. The number of carbonyl (C=O) groups is 2. The number of nitrogens with one attached hydrogen (secondary N) is 1. The first-order chi connectivity index (χ1) is 8.08. The Hall–Kier alpha value is -1.84. The molecular weight excluding hydrogens is 216 g/mol. The van der Waals surface area contributed by atoms with Crippen molar-refractivity contribution in [3.05, 3.63) is 34.9 Å². The molecule has 1 heterocycles. The van der Waals surface area contributed by atoms with Crippen LogP contribution >= 0.6 is 0 Å². The number of benzene rings is 1. The van der Waals surface area contributed by atoms with Crippen molar-refractivity contribution in [1.82, 2.24) is 10.2 Å². The van der Waals surface area contributed by atoms with Crippen molar-refractivity contribution in [2.75, 3.05) is 13.1 Å². The third-order valence-corrected chi connectivity index (χ3v) is 3.01. The highest BCUT2D eigenvalue weighted by Gasteiger charge is 2.26. The standard InChI is InChI=1S/C13H16N2O2/c1-9-3-4-10(2)11(7-9)8-15-6-5-14-12(16)13(15)17/h3-4,7H,5-6,8H2,1-2H3,(H,14,16). The van der Waals surface area contributed by atoms with Crippen molar-refractivity contribution in [3.8, 4) is 0 Å². The number of amides is 2. The van der Waals surface area contributed by atoms with E-state index in [9.17, 15) is 9.59 Å². The summed E-state index contributed by atoms with van der Waals surface area (Å²) < 4.78 is 0. The van der Waals surface area contributed by atoms with Crippen LogP contribution in [0.5, 0.6) is 0 Å². The molecule has 2 rings (SSSR count). The molecule has 1 aliphatic rings. The highest BCUT2D eigenvalue weighted by atomic mass is 16.2. The SMILES string of the molecule is Cc1ccc(C)c(CN2CCNC(=O)C2=O)c1. The van der Waals surface area contributed by atoms with E-state index in [1.165, 1.54) is 5.56 Å². The Bertz CT molecular complexity index is 468. The van der Waals surface area contributed by atoms with E-state index in [1.807, 2.05) is 26.0 Å². The van der Waals surface area contributed by atoms with Crippen LogP contribution in [0.3, 0.4) is 0 Å². The van der Waals surface area contributed by atoms with Gasteiger partial charge in [0.15, 0.2) is 0 Å². The molecule has 1 aliphatic heterocycles. The minimum atomic E-state index is -0.499. The Morgan fingerprint density at radius 3 is 2.82 bits per heavy atom. The fourth-order valence-corrected chi connectivity index (χ4v) is 1.95. The zero-order chi connectivity index (χ0) is 12.4. The van der Waals surface area contributed by atoms with E-state index in [0.717, 1.165) is 11.1 Å². The number of piperazine rings is 1. The number of nitrogens with zero attached hydrogens (tertiary/aromatic N) is 1. The summed E-state index contributed by atoms with van der Waals surface area (Å²) in [5.74, 6) is -0.932. The van der Waals surface area contributed by atoms with E-state index in [-0.39, 0.29) is 0 Å². The molecule has 1 aromatic carbocycles. The maximum Gasteiger partial charge on any atom is 0.312 e. The summed E-state index contributed by atoms with van der Waals surface area (Å²) in [6, 6.07) is 6.15. The van der Waals surface area contributed by atoms with E-state index in [4.69, 9.17) is 0 Å². The highest BCUT2D eigenvalue weighted by Crippen LogP contribution is 2.14. The Balaban J connectivity index is 2.17. The molecule has 0 unspecified atom stereocenters. The zero-order valence-corrected chi connectivity index (χ0v) is 10.1. The van der Waals surface area contributed by atoms with Crippen LogP contribution in [-0.4, -0.2) is 29.8 Å². The van der Waals surface area contributed by atoms with Crippen molar-refractivity contribution in [1.29, 1.82) is 0 Å². The first kappa shape index (κ1) is 11.6. The van der Waals surface area contributed by atoms with Crippen molar-refractivity contribution in [2.45, 2.75) is 20.4 Å². The monoisotopic (exact) mass is 232 g/mol. The van der Waals surface area contributed by atoms with Gasteiger partial charge in [0.05, 0.1) is 0 Å².